The van der Waals surface area contributed by atoms with E-state index in [-0.39, 0.29) is 5.60 Å². The monoisotopic (exact) mass is 201 g/mol. The van der Waals surface area contributed by atoms with Gasteiger partial charge in [0.1, 0.15) is 0 Å². The Bertz CT molecular complexity index is 134. The van der Waals surface area contributed by atoms with Crippen LogP contribution in [0.25, 0.3) is 0 Å². The largest absolute Gasteiger partial charge is 0.371 e. The molecule has 2 heteroatoms. The van der Waals surface area contributed by atoms with Crippen LogP contribution >= 0.6 is 0 Å². The Balaban J connectivity index is 3.78. The van der Waals surface area contributed by atoms with Crippen LogP contribution in [0, 0.1) is 0 Å². The lowest BCUT2D eigenvalue weighted by atomic mass is 10.1. The molecule has 0 aliphatic rings. The highest BCUT2D eigenvalue weighted by Gasteiger charge is 2.20. The zero-order chi connectivity index (χ0) is 11.0. The second-order valence-electron chi connectivity index (χ2n) is 4.47. The summed E-state index contributed by atoms with van der Waals surface area (Å²) in [5.74, 6) is 0. The molecule has 2 nitrogen and oxygen atoms in total. The molecule has 1 atom stereocenters. The summed E-state index contributed by atoms with van der Waals surface area (Å²) >= 11 is 0. The van der Waals surface area contributed by atoms with Crippen LogP contribution in [-0.4, -0.2) is 24.8 Å². The Kier molecular flexibility index (Phi) is 7.20. The Morgan fingerprint density at radius 3 is 2.29 bits per heavy atom. The van der Waals surface area contributed by atoms with E-state index in [0.29, 0.717) is 6.10 Å². The summed E-state index contributed by atoms with van der Waals surface area (Å²) in [5, 5.41) is 3.41. The zero-order valence-corrected chi connectivity index (χ0v) is 10.5. The Hall–Kier alpha value is -0.0800. The Labute approximate surface area is 89.4 Å². The minimum atomic E-state index is 0.0224. The maximum absolute atomic E-state index is 6.02. The maximum Gasteiger partial charge on any atom is 0.0704 e. The molecule has 0 heterocycles. The van der Waals surface area contributed by atoms with Gasteiger partial charge in [-0.25, -0.2) is 0 Å². The molecule has 0 aromatic rings. The highest BCUT2D eigenvalue weighted by atomic mass is 16.5. The third-order valence-electron chi connectivity index (χ3n) is 2.59. The van der Waals surface area contributed by atoms with Crippen molar-refractivity contribution < 1.29 is 4.74 Å². The van der Waals surface area contributed by atoms with Gasteiger partial charge in [-0.3, -0.25) is 0 Å². The van der Waals surface area contributed by atoms with E-state index < -0.39 is 0 Å². The average Bonchev–Trinajstić information content (AvgIpc) is 2.16. The molecule has 0 radical (unpaired) electrons. The van der Waals surface area contributed by atoms with E-state index in [0.717, 1.165) is 25.9 Å². The molecule has 0 fully saturated rings. The zero-order valence-electron chi connectivity index (χ0n) is 10.5. The summed E-state index contributed by atoms with van der Waals surface area (Å²) in [6.07, 6.45) is 3.70. The molecule has 0 amide bonds. The van der Waals surface area contributed by atoms with Crippen LogP contribution in [0.15, 0.2) is 0 Å². The smallest absolute Gasteiger partial charge is 0.0704 e. The van der Waals surface area contributed by atoms with Crippen LogP contribution in [0.2, 0.25) is 0 Å². The fourth-order valence-corrected chi connectivity index (χ4v) is 1.24. The molecular formula is C12H27NO. The normalized spacial score (nSPS) is 14.4. The van der Waals surface area contributed by atoms with Crippen molar-refractivity contribution in [3.8, 4) is 0 Å². The second-order valence-corrected chi connectivity index (χ2v) is 4.47. The molecule has 0 aromatic heterocycles. The summed E-state index contributed by atoms with van der Waals surface area (Å²) in [6, 6.07) is 0. The standard InChI is InChI=1S/C12H27NO/c1-6-9-13-10-11(7-2)14-12(4,5)8-3/h11,13H,6-10H2,1-5H3. The van der Waals surface area contributed by atoms with Gasteiger partial charge in [0.25, 0.3) is 0 Å². The van der Waals surface area contributed by atoms with Crippen molar-refractivity contribution in [2.75, 3.05) is 13.1 Å². The maximum atomic E-state index is 6.02. The Morgan fingerprint density at radius 1 is 1.21 bits per heavy atom. The number of hydrogen-bond donors (Lipinski definition) is 1. The highest BCUT2D eigenvalue weighted by Crippen LogP contribution is 2.17. The molecular weight excluding hydrogens is 174 g/mol. The van der Waals surface area contributed by atoms with E-state index in [1.165, 1.54) is 6.42 Å². The van der Waals surface area contributed by atoms with Crippen molar-refractivity contribution in [1.29, 1.82) is 0 Å². The van der Waals surface area contributed by atoms with Gasteiger partial charge in [-0.15, -0.1) is 0 Å². The van der Waals surface area contributed by atoms with Gasteiger partial charge in [-0.1, -0.05) is 20.8 Å². The number of rotatable bonds is 8. The van der Waals surface area contributed by atoms with Gasteiger partial charge in [-0.2, -0.15) is 0 Å². The first kappa shape index (κ1) is 13.9. The highest BCUT2D eigenvalue weighted by molar-refractivity contribution is 4.70. The number of hydrogen-bond acceptors (Lipinski definition) is 2. The van der Waals surface area contributed by atoms with Gasteiger partial charge in [0.05, 0.1) is 11.7 Å². The van der Waals surface area contributed by atoms with Crippen molar-refractivity contribution in [3.63, 3.8) is 0 Å². The molecule has 1 unspecified atom stereocenters. The van der Waals surface area contributed by atoms with Crippen LogP contribution in [0.1, 0.15) is 53.9 Å². The van der Waals surface area contributed by atoms with Crippen molar-refractivity contribution >= 4 is 0 Å². The quantitative estimate of drug-likeness (QED) is 0.610. The van der Waals surface area contributed by atoms with E-state index in [4.69, 9.17) is 4.74 Å². The van der Waals surface area contributed by atoms with E-state index in [9.17, 15) is 0 Å². The van der Waals surface area contributed by atoms with E-state index >= 15 is 0 Å². The third-order valence-corrected chi connectivity index (χ3v) is 2.59. The molecule has 86 valence electrons. The predicted octanol–water partition coefficient (Wildman–Crippen LogP) is 2.97. The topological polar surface area (TPSA) is 21.3 Å². The van der Waals surface area contributed by atoms with Crippen molar-refractivity contribution in [2.45, 2.75) is 65.6 Å². The van der Waals surface area contributed by atoms with Crippen LogP contribution in [-0.2, 0) is 4.74 Å². The molecule has 0 bridgehead atoms. The molecule has 0 saturated heterocycles. The minimum absolute atomic E-state index is 0.0224. The summed E-state index contributed by atoms with van der Waals surface area (Å²) in [4.78, 5) is 0. The molecule has 0 aromatic carbocycles. The molecule has 0 aliphatic carbocycles. The molecule has 0 aliphatic heterocycles. The van der Waals surface area contributed by atoms with Gasteiger partial charge in [0.15, 0.2) is 0 Å². The molecule has 0 spiro atoms. The summed E-state index contributed by atoms with van der Waals surface area (Å²) < 4.78 is 6.02. The first-order valence-electron chi connectivity index (χ1n) is 5.94. The predicted molar refractivity (Wildman–Crippen MR) is 62.7 cm³/mol. The molecule has 0 rings (SSSR count). The lowest BCUT2D eigenvalue weighted by molar-refractivity contribution is -0.0731. The van der Waals surface area contributed by atoms with Gasteiger partial charge >= 0.3 is 0 Å². The van der Waals surface area contributed by atoms with Crippen LogP contribution < -0.4 is 5.32 Å². The number of nitrogens with one attached hydrogen (secondary N) is 1. The van der Waals surface area contributed by atoms with Crippen LogP contribution in [0.3, 0.4) is 0 Å². The first-order chi connectivity index (χ1) is 6.55. The van der Waals surface area contributed by atoms with Crippen molar-refractivity contribution in [2.24, 2.45) is 0 Å². The fraction of sp³-hybridized carbons (Fsp3) is 1.00. The summed E-state index contributed by atoms with van der Waals surface area (Å²) in [7, 11) is 0. The average molecular weight is 201 g/mol. The lowest BCUT2D eigenvalue weighted by Crippen LogP contribution is -2.36. The second kappa shape index (κ2) is 7.24. The summed E-state index contributed by atoms with van der Waals surface area (Å²) in [6.45, 7) is 12.9. The molecule has 0 saturated carbocycles. The van der Waals surface area contributed by atoms with Crippen LogP contribution in [0.4, 0.5) is 0 Å². The van der Waals surface area contributed by atoms with E-state index in [2.05, 4.69) is 39.9 Å². The first-order valence-corrected chi connectivity index (χ1v) is 5.94. The van der Waals surface area contributed by atoms with Crippen LogP contribution in [0.5, 0.6) is 0 Å². The van der Waals surface area contributed by atoms with E-state index in [1.54, 1.807) is 0 Å². The van der Waals surface area contributed by atoms with Crippen molar-refractivity contribution in [1.82, 2.24) is 5.32 Å². The Morgan fingerprint density at radius 2 is 1.86 bits per heavy atom. The molecule has 14 heavy (non-hydrogen) atoms. The minimum Gasteiger partial charge on any atom is -0.371 e. The van der Waals surface area contributed by atoms with Gasteiger partial charge in [-0.05, 0) is 39.7 Å². The fourth-order valence-electron chi connectivity index (χ4n) is 1.24. The number of ether oxygens (including phenoxy) is 1. The third kappa shape index (κ3) is 6.39. The van der Waals surface area contributed by atoms with Crippen molar-refractivity contribution in [3.05, 3.63) is 0 Å². The molecule has 1 N–H and O–H groups in total. The summed E-state index contributed by atoms with van der Waals surface area (Å²) in [5.41, 5.74) is 0.0224. The SMILES string of the molecule is CCCNCC(CC)OC(C)(C)CC. The van der Waals surface area contributed by atoms with Gasteiger partial charge < -0.3 is 10.1 Å². The van der Waals surface area contributed by atoms with Gasteiger partial charge in [0, 0.05) is 6.54 Å². The lowest BCUT2D eigenvalue weighted by Gasteiger charge is -2.29. The van der Waals surface area contributed by atoms with Gasteiger partial charge in [0.2, 0.25) is 0 Å². The van der Waals surface area contributed by atoms with E-state index in [1.807, 2.05) is 0 Å².